The first-order valence-electron chi connectivity index (χ1n) is 8.03. The molecule has 23 heavy (non-hydrogen) atoms. The average molecular weight is 315 g/mol. The number of ether oxygens (including phenoxy) is 1. The van der Waals surface area contributed by atoms with Gasteiger partial charge < -0.3 is 9.64 Å². The normalized spacial score (nSPS) is 15.2. The van der Waals surface area contributed by atoms with Crippen LogP contribution < -0.4 is 4.74 Å². The van der Waals surface area contributed by atoms with Gasteiger partial charge in [0.25, 0.3) is 0 Å². The molecule has 1 saturated heterocycles. The summed E-state index contributed by atoms with van der Waals surface area (Å²) in [4.78, 5) is 15.5. The number of benzene rings is 1. The van der Waals surface area contributed by atoms with E-state index in [1.54, 1.807) is 0 Å². The van der Waals surface area contributed by atoms with Gasteiger partial charge in [-0.1, -0.05) is 31.0 Å². The summed E-state index contributed by atoms with van der Waals surface area (Å²) in [7, 11) is 0. The van der Waals surface area contributed by atoms with Crippen LogP contribution in [-0.2, 0) is 17.9 Å². The monoisotopic (exact) mass is 315 g/mol. The number of aromatic nitrogens is 4. The summed E-state index contributed by atoms with van der Waals surface area (Å²) in [5.41, 5.74) is 0. The maximum Gasteiger partial charge on any atom is 0.246 e. The fraction of sp³-hybridized carbons (Fsp3) is 0.500. The average Bonchev–Trinajstić information content (AvgIpc) is 2.84. The lowest BCUT2D eigenvalue weighted by Crippen LogP contribution is -2.35. The van der Waals surface area contributed by atoms with Gasteiger partial charge in [0.1, 0.15) is 12.3 Å². The molecule has 122 valence electrons. The molecule has 1 aliphatic rings. The van der Waals surface area contributed by atoms with Crippen molar-refractivity contribution in [1.29, 1.82) is 0 Å². The summed E-state index contributed by atoms with van der Waals surface area (Å²) < 4.78 is 5.57. The molecular weight excluding hydrogens is 294 g/mol. The van der Waals surface area contributed by atoms with Crippen LogP contribution in [0.2, 0.25) is 0 Å². The van der Waals surface area contributed by atoms with Crippen LogP contribution in [-0.4, -0.2) is 44.1 Å². The molecule has 7 nitrogen and oxygen atoms in total. The van der Waals surface area contributed by atoms with E-state index in [1.165, 1.54) is 17.6 Å². The van der Waals surface area contributed by atoms with Gasteiger partial charge in [-0.3, -0.25) is 4.79 Å². The zero-order valence-electron chi connectivity index (χ0n) is 13.1. The van der Waals surface area contributed by atoms with E-state index in [4.69, 9.17) is 4.74 Å². The highest BCUT2D eigenvalue weighted by Crippen LogP contribution is 2.11. The van der Waals surface area contributed by atoms with E-state index >= 15 is 0 Å². The summed E-state index contributed by atoms with van der Waals surface area (Å²) >= 11 is 0. The van der Waals surface area contributed by atoms with Gasteiger partial charge in [0.2, 0.25) is 11.7 Å². The molecule has 7 heteroatoms. The third-order valence-corrected chi connectivity index (χ3v) is 3.84. The van der Waals surface area contributed by atoms with Gasteiger partial charge in [0, 0.05) is 13.1 Å². The van der Waals surface area contributed by atoms with Crippen molar-refractivity contribution in [1.82, 2.24) is 25.1 Å². The molecule has 1 aromatic carbocycles. The smallest absolute Gasteiger partial charge is 0.246 e. The van der Waals surface area contributed by atoms with Gasteiger partial charge in [0.15, 0.2) is 6.61 Å². The molecule has 0 atom stereocenters. The van der Waals surface area contributed by atoms with Crippen molar-refractivity contribution < 1.29 is 9.53 Å². The quantitative estimate of drug-likeness (QED) is 0.839. The third-order valence-electron chi connectivity index (χ3n) is 3.84. The van der Waals surface area contributed by atoms with E-state index in [0.29, 0.717) is 5.82 Å². The van der Waals surface area contributed by atoms with E-state index in [-0.39, 0.29) is 19.1 Å². The first-order valence-corrected chi connectivity index (χ1v) is 8.03. The van der Waals surface area contributed by atoms with Gasteiger partial charge in [0.05, 0.1) is 0 Å². The Hall–Kier alpha value is -2.44. The molecular formula is C16H21N5O2. The Morgan fingerprint density at radius 2 is 1.83 bits per heavy atom. The summed E-state index contributed by atoms with van der Waals surface area (Å²) in [5.74, 6) is 1.28. The maximum absolute atomic E-state index is 12.3. The Morgan fingerprint density at radius 1 is 1.09 bits per heavy atom. The maximum atomic E-state index is 12.3. The third kappa shape index (κ3) is 4.51. The number of carbonyl (C=O) groups is 1. The minimum Gasteiger partial charge on any atom is -0.485 e. The molecule has 1 aliphatic heterocycles. The van der Waals surface area contributed by atoms with Crippen LogP contribution in [0.25, 0.3) is 0 Å². The lowest BCUT2D eigenvalue weighted by Gasteiger charge is -2.19. The first kappa shape index (κ1) is 15.5. The Labute approximate surface area is 135 Å². The highest BCUT2D eigenvalue weighted by Gasteiger charge is 2.17. The molecule has 3 rings (SSSR count). The number of carbonyl (C=O) groups excluding carboxylic acids is 1. The van der Waals surface area contributed by atoms with E-state index in [1.807, 2.05) is 35.2 Å². The van der Waals surface area contributed by atoms with Crippen molar-refractivity contribution >= 4 is 5.91 Å². The van der Waals surface area contributed by atoms with E-state index in [9.17, 15) is 4.79 Å². The molecule has 1 aromatic heterocycles. The summed E-state index contributed by atoms with van der Waals surface area (Å²) in [6, 6.07) is 9.47. The number of para-hydroxylation sites is 1. The van der Waals surface area contributed by atoms with Crippen molar-refractivity contribution in [2.45, 2.75) is 38.8 Å². The lowest BCUT2D eigenvalue weighted by molar-refractivity contribution is -0.132. The molecule has 1 amide bonds. The van der Waals surface area contributed by atoms with Crippen LogP contribution in [0.3, 0.4) is 0 Å². The predicted molar refractivity (Wildman–Crippen MR) is 83.6 cm³/mol. The van der Waals surface area contributed by atoms with Crippen molar-refractivity contribution in [2.75, 3.05) is 13.1 Å². The van der Waals surface area contributed by atoms with Gasteiger partial charge in [-0.15, -0.1) is 10.2 Å². The summed E-state index contributed by atoms with van der Waals surface area (Å²) in [6.07, 6.45) is 4.55. The van der Waals surface area contributed by atoms with Crippen LogP contribution in [0.15, 0.2) is 30.3 Å². The largest absolute Gasteiger partial charge is 0.485 e. The minimum atomic E-state index is 0.0554. The summed E-state index contributed by atoms with van der Waals surface area (Å²) in [6.45, 7) is 2.04. The van der Waals surface area contributed by atoms with E-state index in [2.05, 4.69) is 15.4 Å². The fourth-order valence-electron chi connectivity index (χ4n) is 2.61. The SMILES string of the molecule is O=C(Cn1nnc(COc2ccccc2)n1)N1CCCCCC1. The second-order valence-electron chi connectivity index (χ2n) is 5.63. The number of likely N-dealkylation sites (tertiary alicyclic amines) is 1. The number of amides is 1. The number of hydrogen-bond acceptors (Lipinski definition) is 5. The van der Waals surface area contributed by atoms with Crippen LogP contribution >= 0.6 is 0 Å². The number of tetrazole rings is 1. The molecule has 0 radical (unpaired) electrons. The Morgan fingerprint density at radius 3 is 2.57 bits per heavy atom. The van der Waals surface area contributed by atoms with Gasteiger partial charge in [-0.2, -0.15) is 4.80 Å². The fourth-order valence-corrected chi connectivity index (χ4v) is 2.61. The number of nitrogens with zero attached hydrogens (tertiary/aromatic N) is 5. The first-order chi connectivity index (χ1) is 11.3. The highest BCUT2D eigenvalue weighted by molar-refractivity contribution is 5.75. The molecule has 1 fully saturated rings. The van der Waals surface area contributed by atoms with Gasteiger partial charge in [-0.25, -0.2) is 0 Å². The Bertz CT molecular complexity index is 620. The van der Waals surface area contributed by atoms with E-state index in [0.717, 1.165) is 31.7 Å². The topological polar surface area (TPSA) is 73.1 Å². The van der Waals surface area contributed by atoms with Crippen LogP contribution in [0.4, 0.5) is 0 Å². The van der Waals surface area contributed by atoms with Crippen LogP contribution in [0, 0.1) is 0 Å². The second-order valence-corrected chi connectivity index (χ2v) is 5.63. The van der Waals surface area contributed by atoms with Crippen LogP contribution in [0.5, 0.6) is 5.75 Å². The lowest BCUT2D eigenvalue weighted by atomic mass is 10.2. The number of hydrogen-bond donors (Lipinski definition) is 0. The Balaban J connectivity index is 1.51. The molecule has 0 saturated carbocycles. The predicted octanol–water partition coefficient (Wildman–Crippen LogP) is 1.65. The molecule has 0 spiro atoms. The zero-order valence-corrected chi connectivity index (χ0v) is 13.1. The van der Waals surface area contributed by atoms with Crippen molar-refractivity contribution in [3.05, 3.63) is 36.2 Å². The van der Waals surface area contributed by atoms with Gasteiger partial charge in [-0.05, 0) is 30.2 Å². The Kier molecular flexibility index (Phi) is 5.18. The number of rotatable bonds is 5. The zero-order chi connectivity index (χ0) is 15.9. The standard InChI is InChI=1S/C16H21N5O2/c22-16(20-10-6-1-2-7-11-20)12-21-18-15(17-19-21)13-23-14-8-4-3-5-9-14/h3-5,8-9H,1-2,6-7,10-13H2. The molecule has 2 aromatic rings. The van der Waals surface area contributed by atoms with Gasteiger partial charge >= 0.3 is 0 Å². The van der Waals surface area contributed by atoms with Crippen molar-refractivity contribution in [3.8, 4) is 5.75 Å². The molecule has 0 bridgehead atoms. The van der Waals surface area contributed by atoms with Crippen molar-refractivity contribution in [3.63, 3.8) is 0 Å². The van der Waals surface area contributed by atoms with Crippen LogP contribution in [0.1, 0.15) is 31.5 Å². The molecule has 0 unspecified atom stereocenters. The molecule has 0 N–H and O–H groups in total. The minimum absolute atomic E-state index is 0.0554. The van der Waals surface area contributed by atoms with Crippen molar-refractivity contribution in [2.24, 2.45) is 0 Å². The second kappa shape index (κ2) is 7.71. The molecule has 0 aliphatic carbocycles. The summed E-state index contributed by atoms with van der Waals surface area (Å²) in [5, 5.41) is 12.1. The van der Waals surface area contributed by atoms with E-state index < -0.39 is 0 Å². The molecule has 2 heterocycles. The highest BCUT2D eigenvalue weighted by atomic mass is 16.5.